The standard InChI is InChI=1S/C51H80NO8P/c1-5-7-9-11-13-15-17-19-21-23-25-27-29-31-33-35-37-39-41-43-50(53)57-47-49(48-59-61(55,56)58-46-45-52(3)4)60-51(54)44-42-40-38-36-34-32-30-28-26-24-22-20-18-16-14-12-10-8-6-2/h7-10,13-16,19-22,25-28,31-34,38,40,49H,5-6,11-12,17-18,23-24,29-30,35-37,39,41-48H2,1-4H3,(H,55,56)/b9-7-,10-8-,15-13-,16-14-,21-19-,22-20-,27-25-,28-26-,33-31-,34-32-,40-38-. The van der Waals surface area contributed by atoms with Crippen LogP contribution in [0.2, 0.25) is 0 Å². The lowest BCUT2D eigenvalue weighted by molar-refractivity contribution is -0.161. The first kappa shape index (κ1) is 57.1. The second-order valence-electron chi connectivity index (χ2n) is 14.5. The lowest BCUT2D eigenvalue weighted by atomic mass is 10.1. The van der Waals surface area contributed by atoms with E-state index in [1.54, 1.807) is 4.90 Å². The molecule has 2 unspecified atom stereocenters. The zero-order valence-electron chi connectivity index (χ0n) is 38.0. The molecule has 0 bridgehead atoms. The topological polar surface area (TPSA) is 112 Å². The van der Waals surface area contributed by atoms with E-state index in [0.29, 0.717) is 19.4 Å². The summed E-state index contributed by atoms with van der Waals surface area (Å²) < 4.78 is 33.4. The summed E-state index contributed by atoms with van der Waals surface area (Å²) in [7, 11) is -0.787. The summed E-state index contributed by atoms with van der Waals surface area (Å²) in [6.07, 6.45) is 60.9. The van der Waals surface area contributed by atoms with Crippen LogP contribution < -0.4 is 0 Å². The van der Waals surface area contributed by atoms with Crippen LogP contribution in [0.15, 0.2) is 134 Å². The van der Waals surface area contributed by atoms with E-state index in [2.05, 4.69) is 135 Å². The molecular formula is C51H80NO8P. The Morgan fingerprint density at radius 3 is 1.34 bits per heavy atom. The lowest BCUT2D eigenvalue weighted by Gasteiger charge is -2.20. The van der Waals surface area contributed by atoms with Gasteiger partial charge in [0.05, 0.1) is 13.2 Å². The molecule has 9 nitrogen and oxygen atoms in total. The molecule has 0 rings (SSSR count). The molecule has 0 aromatic carbocycles. The van der Waals surface area contributed by atoms with Gasteiger partial charge >= 0.3 is 19.8 Å². The number of carbonyl (C=O) groups excluding carboxylic acids is 2. The van der Waals surface area contributed by atoms with Crippen LogP contribution in [-0.4, -0.2) is 68.3 Å². The zero-order valence-corrected chi connectivity index (χ0v) is 38.9. The third-order valence-corrected chi connectivity index (χ3v) is 9.45. The summed E-state index contributed by atoms with van der Waals surface area (Å²) in [4.78, 5) is 37.0. The van der Waals surface area contributed by atoms with Crippen LogP contribution in [0.25, 0.3) is 0 Å². The minimum Gasteiger partial charge on any atom is -0.462 e. The van der Waals surface area contributed by atoms with Gasteiger partial charge in [-0.2, -0.15) is 0 Å². The Balaban J connectivity index is 4.50. The van der Waals surface area contributed by atoms with Gasteiger partial charge in [-0.05, 0) is 110 Å². The lowest BCUT2D eigenvalue weighted by Crippen LogP contribution is -2.29. The molecule has 0 saturated carbocycles. The summed E-state index contributed by atoms with van der Waals surface area (Å²) in [6, 6.07) is 0. The van der Waals surface area contributed by atoms with Crippen LogP contribution in [-0.2, 0) is 32.7 Å². The fourth-order valence-corrected chi connectivity index (χ4v) is 5.83. The van der Waals surface area contributed by atoms with E-state index in [-0.39, 0.29) is 26.1 Å². The number of rotatable bonds is 39. The van der Waals surface area contributed by atoms with Gasteiger partial charge in [-0.3, -0.25) is 18.6 Å². The number of allylic oxidation sites excluding steroid dienone is 22. The van der Waals surface area contributed by atoms with Crippen molar-refractivity contribution in [2.45, 2.75) is 136 Å². The smallest absolute Gasteiger partial charge is 0.462 e. The number of nitrogens with zero attached hydrogens (tertiary/aromatic N) is 1. The van der Waals surface area contributed by atoms with Crippen LogP contribution in [0.4, 0.5) is 0 Å². The van der Waals surface area contributed by atoms with E-state index in [0.717, 1.165) is 89.9 Å². The van der Waals surface area contributed by atoms with Crippen LogP contribution in [0.5, 0.6) is 0 Å². The van der Waals surface area contributed by atoms with Crippen molar-refractivity contribution in [2.75, 3.05) is 40.5 Å². The number of esters is 2. The average Bonchev–Trinajstić information content (AvgIpc) is 3.23. The highest BCUT2D eigenvalue weighted by atomic mass is 31.2. The van der Waals surface area contributed by atoms with Crippen LogP contribution in [0.3, 0.4) is 0 Å². The van der Waals surface area contributed by atoms with Gasteiger partial charge in [0, 0.05) is 19.4 Å². The molecule has 0 saturated heterocycles. The molecule has 0 aromatic rings. The van der Waals surface area contributed by atoms with Crippen LogP contribution in [0, 0.1) is 0 Å². The summed E-state index contributed by atoms with van der Waals surface area (Å²) in [6.45, 7) is 3.93. The van der Waals surface area contributed by atoms with Gasteiger partial charge in [-0.25, -0.2) is 4.57 Å². The van der Waals surface area contributed by atoms with Gasteiger partial charge in [0.15, 0.2) is 6.10 Å². The Labute approximate surface area is 370 Å². The SMILES string of the molecule is CC/C=C\C/C=C\C/C=C\C/C=C\C/C=C\C/C=C\CCC(=O)OC(COC(=O)CCCCC/C=C\C/C=C\C/C=C\C/C=C\C/C=C\CC)COP(=O)(O)OCCN(C)C. The highest BCUT2D eigenvalue weighted by Gasteiger charge is 2.26. The Kier molecular flexibility index (Phi) is 41.4. The molecule has 10 heteroatoms. The molecule has 0 amide bonds. The number of unbranched alkanes of at least 4 members (excludes halogenated alkanes) is 3. The van der Waals surface area contributed by atoms with Gasteiger partial charge in [0.25, 0.3) is 0 Å². The molecule has 0 aliphatic rings. The van der Waals surface area contributed by atoms with Crippen LogP contribution >= 0.6 is 7.82 Å². The monoisotopic (exact) mass is 866 g/mol. The van der Waals surface area contributed by atoms with Gasteiger partial charge < -0.3 is 19.3 Å². The molecule has 0 heterocycles. The van der Waals surface area contributed by atoms with Crippen molar-refractivity contribution < 1.29 is 37.6 Å². The minimum absolute atomic E-state index is 0.0206. The average molecular weight is 866 g/mol. The van der Waals surface area contributed by atoms with Gasteiger partial charge in [-0.15, -0.1) is 0 Å². The highest BCUT2D eigenvalue weighted by molar-refractivity contribution is 7.47. The second-order valence-corrected chi connectivity index (χ2v) is 15.9. The molecular weight excluding hydrogens is 786 g/mol. The number of hydrogen-bond acceptors (Lipinski definition) is 8. The van der Waals surface area contributed by atoms with Gasteiger partial charge in [0.1, 0.15) is 6.61 Å². The van der Waals surface area contributed by atoms with Crippen molar-refractivity contribution in [1.29, 1.82) is 0 Å². The summed E-state index contributed by atoms with van der Waals surface area (Å²) in [5.41, 5.74) is 0. The van der Waals surface area contributed by atoms with Gasteiger partial charge in [0.2, 0.25) is 0 Å². The Bertz CT molecular complexity index is 1460. The van der Waals surface area contributed by atoms with Crippen molar-refractivity contribution in [3.05, 3.63) is 134 Å². The van der Waals surface area contributed by atoms with Crippen molar-refractivity contribution in [1.82, 2.24) is 4.90 Å². The molecule has 61 heavy (non-hydrogen) atoms. The minimum atomic E-state index is -4.40. The molecule has 0 radical (unpaired) electrons. The largest absolute Gasteiger partial charge is 0.472 e. The molecule has 1 N–H and O–H groups in total. The molecule has 0 fully saturated rings. The number of phosphoric ester groups is 1. The molecule has 0 aliphatic heterocycles. The third-order valence-electron chi connectivity index (χ3n) is 8.47. The maximum absolute atomic E-state index is 12.6. The molecule has 0 aromatic heterocycles. The number of ether oxygens (including phenoxy) is 2. The zero-order chi connectivity index (χ0) is 44.8. The highest BCUT2D eigenvalue weighted by Crippen LogP contribution is 2.43. The molecule has 2 atom stereocenters. The first-order valence-electron chi connectivity index (χ1n) is 22.5. The summed E-state index contributed by atoms with van der Waals surface area (Å²) in [5, 5.41) is 0. The normalized spacial score (nSPS) is 14.6. The van der Waals surface area contributed by atoms with E-state index >= 15 is 0 Å². The van der Waals surface area contributed by atoms with E-state index in [1.807, 2.05) is 26.2 Å². The first-order valence-corrected chi connectivity index (χ1v) is 24.0. The number of carbonyl (C=O) groups is 2. The Morgan fingerprint density at radius 2 is 0.918 bits per heavy atom. The quantitative estimate of drug-likeness (QED) is 0.0279. The van der Waals surface area contributed by atoms with E-state index in [4.69, 9.17) is 18.5 Å². The van der Waals surface area contributed by atoms with Gasteiger partial charge in [-0.1, -0.05) is 154 Å². The van der Waals surface area contributed by atoms with Crippen molar-refractivity contribution >= 4 is 19.8 Å². The second kappa shape index (κ2) is 44.2. The van der Waals surface area contributed by atoms with E-state index < -0.39 is 32.5 Å². The Morgan fingerprint density at radius 1 is 0.508 bits per heavy atom. The number of hydrogen-bond donors (Lipinski definition) is 1. The maximum atomic E-state index is 12.6. The van der Waals surface area contributed by atoms with Crippen LogP contribution in [0.1, 0.15) is 129 Å². The Hall–Kier alpha value is -3.85. The predicted octanol–water partition coefficient (Wildman–Crippen LogP) is 13.3. The molecule has 0 aliphatic carbocycles. The van der Waals surface area contributed by atoms with Crippen molar-refractivity contribution in [2.24, 2.45) is 0 Å². The summed E-state index contributed by atoms with van der Waals surface area (Å²) >= 11 is 0. The number of phosphoric acid groups is 1. The third kappa shape index (κ3) is 45.5. The van der Waals surface area contributed by atoms with E-state index in [9.17, 15) is 19.0 Å². The molecule has 0 spiro atoms. The summed E-state index contributed by atoms with van der Waals surface area (Å²) in [5.74, 6) is -0.955. The van der Waals surface area contributed by atoms with E-state index in [1.165, 1.54) is 0 Å². The first-order chi connectivity index (χ1) is 29.7. The fourth-order valence-electron chi connectivity index (χ4n) is 5.09. The predicted molar refractivity (Wildman–Crippen MR) is 256 cm³/mol. The molecule has 342 valence electrons. The number of likely N-dealkylation sites (N-methyl/N-ethyl adjacent to an activating group) is 1. The fraction of sp³-hybridized carbons (Fsp3) is 0.529. The van der Waals surface area contributed by atoms with Crippen molar-refractivity contribution in [3.8, 4) is 0 Å². The maximum Gasteiger partial charge on any atom is 0.472 e. The van der Waals surface area contributed by atoms with Crippen molar-refractivity contribution in [3.63, 3.8) is 0 Å².